The van der Waals surface area contributed by atoms with Crippen LogP contribution in [0.25, 0.3) is 0 Å². The molecule has 2 fully saturated rings. The molecule has 3 N–H and O–H groups in total. The second-order valence-corrected chi connectivity index (χ2v) is 7.88. The van der Waals surface area contributed by atoms with Gasteiger partial charge in [-0.3, -0.25) is 15.0 Å². The van der Waals surface area contributed by atoms with Crippen LogP contribution in [0.1, 0.15) is 35.2 Å². The van der Waals surface area contributed by atoms with E-state index in [4.69, 9.17) is 0 Å². The molecule has 1 heterocycles. The first kappa shape index (κ1) is 18.7. The van der Waals surface area contributed by atoms with Crippen molar-refractivity contribution in [2.45, 2.75) is 26.2 Å². The number of rotatable bonds is 4. The maximum atomic E-state index is 12.1. The van der Waals surface area contributed by atoms with Gasteiger partial charge in [0.25, 0.3) is 5.91 Å². The zero-order valence-electron chi connectivity index (χ0n) is 14.7. The van der Waals surface area contributed by atoms with Crippen molar-refractivity contribution in [1.29, 1.82) is 0 Å². The fraction of sp³-hybridized carbons (Fsp3) is 0.500. The van der Waals surface area contributed by atoms with Gasteiger partial charge in [0, 0.05) is 35.6 Å². The lowest BCUT2D eigenvalue weighted by atomic mass is 10.1. The Hall–Kier alpha value is -2.09. The van der Waals surface area contributed by atoms with Gasteiger partial charge >= 0.3 is 6.03 Å². The molecule has 7 nitrogen and oxygen atoms in total. The summed E-state index contributed by atoms with van der Waals surface area (Å²) in [5.41, 5.74) is 6.08. The van der Waals surface area contributed by atoms with Crippen LogP contribution in [0.5, 0.6) is 0 Å². The molecule has 1 atom stereocenters. The van der Waals surface area contributed by atoms with Gasteiger partial charge in [0.1, 0.15) is 0 Å². The largest absolute Gasteiger partial charge is 0.342 e. The summed E-state index contributed by atoms with van der Waals surface area (Å²) in [6, 6.07) is 4.85. The molecule has 8 heteroatoms. The molecule has 26 heavy (non-hydrogen) atoms. The Balaban J connectivity index is 1.38. The molecule has 1 aromatic carbocycles. The van der Waals surface area contributed by atoms with E-state index in [0.29, 0.717) is 18.7 Å². The number of benzene rings is 1. The van der Waals surface area contributed by atoms with Crippen LogP contribution in [0.4, 0.5) is 4.79 Å². The quantitative estimate of drug-likeness (QED) is 0.647. The first-order chi connectivity index (χ1) is 12.4. The zero-order valence-corrected chi connectivity index (χ0v) is 16.3. The molecule has 0 bridgehead atoms. The second kappa shape index (κ2) is 8.07. The summed E-state index contributed by atoms with van der Waals surface area (Å²) >= 11 is 3.35. The fourth-order valence-corrected chi connectivity index (χ4v) is 3.61. The van der Waals surface area contributed by atoms with Gasteiger partial charge < -0.3 is 10.2 Å². The van der Waals surface area contributed by atoms with Crippen molar-refractivity contribution in [2.24, 2.45) is 11.8 Å². The molecular weight excluding hydrogens is 400 g/mol. The van der Waals surface area contributed by atoms with Crippen LogP contribution in [0, 0.1) is 18.8 Å². The van der Waals surface area contributed by atoms with Crippen molar-refractivity contribution in [3.05, 3.63) is 33.8 Å². The van der Waals surface area contributed by atoms with E-state index in [2.05, 4.69) is 32.1 Å². The third-order valence-electron chi connectivity index (χ3n) is 4.80. The molecule has 1 saturated heterocycles. The van der Waals surface area contributed by atoms with Gasteiger partial charge in [-0.25, -0.2) is 10.2 Å². The molecule has 4 amide bonds. The summed E-state index contributed by atoms with van der Waals surface area (Å²) in [6.45, 7) is 3.77. The summed E-state index contributed by atoms with van der Waals surface area (Å²) in [6.07, 6.45) is 2.92. The van der Waals surface area contributed by atoms with E-state index in [-0.39, 0.29) is 23.7 Å². The van der Waals surface area contributed by atoms with E-state index in [1.165, 1.54) is 0 Å². The lowest BCUT2D eigenvalue weighted by Gasteiger charge is -2.16. The highest BCUT2D eigenvalue weighted by Crippen LogP contribution is 2.32. The van der Waals surface area contributed by atoms with Gasteiger partial charge in [0.15, 0.2) is 0 Å². The maximum Gasteiger partial charge on any atom is 0.333 e. The minimum absolute atomic E-state index is 0.238. The molecule has 1 saturated carbocycles. The van der Waals surface area contributed by atoms with Crippen LogP contribution in [0.2, 0.25) is 0 Å². The Bertz CT molecular complexity index is 720. The number of hydrogen-bond donors (Lipinski definition) is 3. The summed E-state index contributed by atoms with van der Waals surface area (Å²) in [7, 11) is 0. The van der Waals surface area contributed by atoms with E-state index in [1.54, 1.807) is 12.1 Å². The SMILES string of the molecule is Cc1cc(Br)ccc1C(=O)NNC(=O)NCC1CCN(C(=O)C2CC2)C1. The molecular formula is C18H23BrN4O3. The van der Waals surface area contributed by atoms with Crippen LogP contribution in [-0.4, -0.2) is 42.4 Å². The highest BCUT2D eigenvalue weighted by Gasteiger charge is 2.36. The zero-order chi connectivity index (χ0) is 18.7. The van der Waals surface area contributed by atoms with E-state index in [9.17, 15) is 14.4 Å². The predicted molar refractivity (Wildman–Crippen MR) is 100 cm³/mol. The highest BCUT2D eigenvalue weighted by atomic mass is 79.9. The molecule has 140 valence electrons. The highest BCUT2D eigenvalue weighted by molar-refractivity contribution is 9.10. The monoisotopic (exact) mass is 422 g/mol. The molecule has 1 aliphatic carbocycles. The Morgan fingerprint density at radius 3 is 2.65 bits per heavy atom. The number of carbonyl (C=O) groups is 3. The average Bonchev–Trinajstić information content (AvgIpc) is 3.35. The summed E-state index contributed by atoms with van der Waals surface area (Å²) < 4.78 is 0.892. The lowest BCUT2D eigenvalue weighted by Crippen LogP contribution is -2.48. The van der Waals surface area contributed by atoms with Gasteiger partial charge in [0.05, 0.1) is 0 Å². The number of hydrogen-bond acceptors (Lipinski definition) is 3. The van der Waals surface area contributed by atoms with Crippen LogP contribution >= 0.6 is 15.9 Å². The van der Waals surface area contributed by atoms with Crippen LogP contribution < -0.4 is 16.2 Å². The van der Waals surface area contributed by atoms with Gasteiger partial charge in [-0.15, -0.1) is 0 Å². The van der Waals surface area contributed by atoms with E-state index >= 15 is 0 Å². The first-order valence-corrected chi connectivity index (χ1v) is 9.62. The number of amides is 4. The summed E-state index contributed by atoms with van der Waals surface area (Å²) in [5, 5.41) is 2.75. The number of likely N-dealkylation sites (tertiary alicyclic amines) is 1. The van der Waals surface area contributed by atoms with Gasteiger partial charge in [0.2, 0.25) is 5.91 Å². The van der Waals surface area contributed by atoms with E-state index < -0.39 is 6.03 Å². The molecule has 1 unspecified atom stereocenters. The van der Waals surface area contributed by atoms with Crippen molar-refractivity contribution < 1.29 is 14.4 Å². The number of carbonyl (C=O) groups excluding carboxylic acids is 3. The molecule has 0 spiro atoms. The number of aryl methyl sites for hydroxylation is 1. The third kappa shape index (κ3) is 4.75. The van der Waals surface area contributed by atoms with E-state index in [1.807, 2.05) is 17.9 Å². The summed E-state index contributed by atoms with van der Waals surface area (Å²) in [4.78, 5) is 37.9. The van der Waals surface area contributed by atoms with Crippen molar-refractivity contribution in [3.8, 4) is 0 Å². The Morgan fingerprint density at radius 1 is 1.19 bits per heavy atom. The molecule has 3 rings (SSSR count). The first-order valence-electron chi connectivity index (χ1n) is 8.83. The van der Waals surface area contributed by atoms with Crippen molar-refractivity contribution >= 4 is 33.8 Å². The standard InChI is InChI=1S/C18H23BrN4O3/c1-11-8-14(19)4-5-15(11)16(24)21-22-18(26)20-9-12-6-7-23(10-12)17(25)13-2-3-13/h4-5,8,12-13H,2-3,6-7,9-10H2,1H3,(H,21,24)(H2,20,22,26). The average molecular weight is 423 g/mol. The van der Waals surface area contributed by atoms with Crippen LogP contribution in [0.15, 0.2) is 22.7 Å². The Labute approximate surface area is 161 Å². The molecule has 0 radical (unpaired) electrons. The summed E-state index contributed by atoms with van der Waals surface area (Å²) in [5.74, 6) is 0.386. The molecule has 1 aliphatic heterocycles. The number of urea groups is 1. The van der Waals surface area contributed by atoms with Crippen LogP contribution in [0.3, 0.4) is 0 Å². The number of nitrogens with zero attached hydrogens (tertiary/aromatic N) is 1. The fourth-order valence-electron chi connectivity index (χ4n) is 3.13. The molecule has 1 aromatic rings. The van der Waals surface area contributed by atoms with Crippen LogP contribution in [-0.2, 0) is 4.79 Å². The molecule has 0 aromatic heterocycles. The van der Waals surface area contributed by atoms with Gasteiger partial charge in [-0.1, -0.05) is 15.9 Å². The predicted octanol–water partition coefficient (Wildman–Crippen LogP) is 1.96. The van der Waals surface area contributed by atoms with Gasteiger partial charge in [-0.05, 0) is 55.9 Å². The number of nitrogens with one attached hydrogen (secondary N) is 3. The minimum atomic E-state index is -0.458. The number of hydrazine groups is 1. The van der Waals surface area contributed by atoms with Crippen molar-refractivity contribution in [2.75, 3.05) is 19.6 Å². The Morgan fingerprint density at radius 2 is 1.96 bits per heavy atom. The second-order valence-electron chi connectivity index (χ2n) is 6.96. The van der Waals surface area contributed by atoms with Crippen molar-refractivity contribution in [3.63, 3.8) is 0 Å². The number of halogens is 1. The molecule has 2 aliphatic rings. The lowest BCUT2D eigenvalue weighted by molar-refractivity contribution is -0.131. The van der Waals surface area contributed by atoms with Crippen molar-refractivity contribution in [1.82, 2.24) is 21.1 Å². The Kier molecular flexibility index (Phi) is 5.80. The van der Waals surface area contributed by atoms with E-state index in [0.717, 1.165) is 35.8 Å². The smallest absolute Gasteiger partial charge is 0.333 e. The van der Waals surface area contributed by atoms with Gasteiger partial charge in [-0.2, -0.15) is 0 Å². The maximum absolute atomic E-state index is 12.1. The third-order valence-corrected chi connectivity index (χ3v) is 5.29. The minimum Gasteiger partial charge on any atom is -0.342 e. The normalized spacial score (nSPS) is 19.2. The topological polar surface area (TPSA) is 90.5 Å².